The van der Waals surface area contributed by atoms with Crippen LogP contribution in [0.1, 0.15) is 11.1 Å². The van der Waals surface area contributed by atoms with Crippen LogP contribution in [-0.2, 0) is 6.42 Å². The monoisotopic (exact) mass is 485 g/mol. The first kappa shape index (κ1) is 22.3. The Balaban J connectivity index is 1.37. The first-order valence-electron chi connectivity index (χ1n) is 13.2. The van der Waals surface area contributed by atoms with Crippen LogP contribution in [0.5, 0.6) is 0 Å². The zero-order valence-electron chi connectivity index (χ0n) is 21.1. The number of anilines is 3. The quantitative estimate of drug-likeness (QED) is 0.234. The Kier molecular flexibility index (Phi) is 5.60. The van der Waals surface area contributed by atoms with Crippen LogP contribution in [0.4, 0.5) is 17.1 Å². The Labute approximate surface area is 224 Å². The fourth-order valence-electron chi connectivity index (χ4n) is 5.65. The molecule has 0 spiro atoms. The van der Waals surface area contributed by atoms with E-state index in [2.05, 4.69) is 157 Å². The van der Waals surface area contributed by atoms with Crippen molar-refractivity contribution in [3.8, 4) is 33.4 Å². The van der Waals surface area contributed by atoms with E-state index < -0.39 is 0 Å². The Morgan fingerprint density at radius 3 is 1.42 bits per heavy atom. The highest BCUT2D eigenvalue weighted by atomic mass is 15.1. The van der Waals surface area contributed by atoms with Crippen molar-refractivity contribution in [2.24, 2.45) is 0 Å². The molecule has 38 heavy (non-hydrogen) atoms. The third-order valence-corrected chi connectivity index (χ3v) is 7.50. The predicted octanol–water partition coefficient (Wildman–Crippen LogP) is 10.1. The maximum absolute atomic E-state index is 2.41. The van der Waals surface area contributed by atoms with Crippen LogP contribution in [0.15, 0.2) is 152 Å². The van der Waals surface area contributed by atoms with Crippen LogP contribution in [0, 0.1) is 0 Å². The molecule has 180 valence electrons. The molecule has 1 heteroatoms. The zero-order valence-corrected chi connectivity index (χ0v) is 21.1. The lowest BCUT2D eigenvalue weighted by Gasteiger charge is -2.28. The molecule has 1 aliphatic carbocycles. The maximum atomic E-state index is 2.41. The van der Waals surface area contributed by atoms with E-state index in [1.165, 1.54) is 50.2 Å². The minimum absolute atomic E-state index is 0.979. The summed E-state index contributed by atoms with van der Waals surface area (Å²) in [6, 6.07) is 54.6. The molecule has 0 radical (unpaired) electrons. The lowest BCUT2D eigenvalue weighted by Crippen LogP contribution is -2.11. The van der Waals surface area contributed by atoms with Crippen LogP contribution < -0.4 is 4.90 Å². The van der Waals surface area contributed by atoms with Crippen LogP contribution >= 0.6 is 0 Å². The smallest absolute Gasteiger partial charge is 0.0543 e. The average Bonchev–Trinajstić information content (AvgIpc) is 3.38. The van der Waals surface area contributed by atoms with E-state index in [0.717, 1.165) is 17.8 Å². The van der Waals surface area contributed by atoms with Gasteiger partial charge in [0.25, 0.3) is 0 Å². The van der Waals surface area contributed by atoms with E-state index in [4.69, 9.17) is 0 Å². The molecule has 0 saturated heterocycles. The summed E-state index contributed by atoms with van der Waals surface area (Å²) >= 11 is 0. The van der Waals surface area contributed by atoms with Crippen LogP contribution in [0.25, 0.3) is 33.4 Å². The minimum Gasteiger partial charge on any atom is -0.310 e. The summed E-state index contributed by atoms with van der Waals surface area (Å²) in [6.45, 7) is 0. The van der Waals surface area contributed by atoms with E-state index in [-0.39, 0.29) is 0 Å². The number of fused-ring (bicyclic) bond motifs is 3. The second-order valence-electron chi connectivity index (χ2n) is 9.81. The van der Waals surface area contributed by atoms with Gasteiger partial charge in [0, 0.05) is 16.9 Å². The molecule has 1 nitrogen and oxygen atoms in total. The second-order valence-corrected chi connectivity index (χ2v) is 9.81. The summed E-state index contributed by atoms with van der Waals surface area (Å²) in [5.41, 5.74) is 13.9. The number of hydrogen-bond donors (Lipinski definition) is 0. The van der Waals surface area contributed by atoms with Gasteiger partial charge < -0.3 is 4.90 Å². The van der Waals surface area contributed by atoms with Gasteiger partial charge in [-0.1, -0.05) is 121 Å². The molecule has 0 bridgehead atoms. The average molecular weight is 486 g/mol. The fraction of sp³-hybridized carbons (Fsp3) is 0.0270. The fourth-order valence-corrected chi connectivity index (χ4v) is 5.65. The molecule has 0 atom stereocenters. The van der Waals surface area contributed by atoms with Gasteiger partial charge in [-0.15, -0.1) is 0 Å². The SMILES string of the molecule is c1ccc(-c2ccc(N(c3ccc(-c4ccccc4)cc3)c3cccc4c3-c3ccccc3C4)cc2)cc1. The standard InChI is InChI=1S/C37H27N/c1-3-10-27(11-4-1)29-18-22-33(23-19-29)38(34-24-20-30(21-25-34)28-12-5-2-6-13-28)36-17-9-15-32-26-31-14-7-8-16-35(31)37(32)36/h1-25H,26H2. The maximum Gasteiger partial charge on any atom is 0.0543 e. The Morgan fingerprint density at radius 2 is 0.842 bits per heavy atom. The molecule has 0 aliphatic heterocycles. The highest BCUT2D eigenvalue weighted by Gasteiger charge is 2.25. The molecule has 0 unspecified atom stereocenters. The van der Waals surface area contributed by atoms with Crippen LogP contribution in [0.3, 0.4) is 0 Å². The van der Waals surface area contributed by atoms with Crippen molar-refractivity contribution in [1.82, 2.24) is 0 Å². The zero-order chi connectivity index (χ0) is 25.3. The summed E-state index contributed by atoms with van der Waals surface area (Å²) in [6.07, 6.45) is 0.979. The van der Waals surface area contributed by atoms with Gasteiger partial charge in [0.15, 0.2) is 0 Å². The highest BCUT2D eigenvalue weighted by Crippen LogP contribution is 2.47. The lowest BCUT2D eigenvalue weighted by molar-refractivity contribution is 1.24. The largest absolute Gasteiger partial charge is 0.310 e. The number of benzene rings is 6. The normalized spacial score (nSPS) is 11.6. The molecule has 7 rings (SSSR count). The Morgan fingerprint density at radius 1 is 0.368 bits per heavy atom. The molecule has 6 aromatic rings. The van der Waals surface area contributed by atoms with E-state index in [1.807, 2.05) is 0 Å². The molecule has 0 fully saturated rings. The second kappa shape index (κ2) is 9.53. The molecule has 0 N–H and O–H groups in total. The highest BCUT2D eigenvalue weighted by molar-refractivity contribution is 5.93. The van der Waals surface area contributed by atoms with Gasteiger partial charge in [-0.3, -0.25) is 0 Å². The third kappa shape index (κ3) is 3.99. The minimum atomic E-state index is 0.979. The van der Waals surface area contributed by atoms with Gasteiger partial charge in [-0.05, 0) is 75.7 Å². The van der Waals surface area contributed by atoms with Gasteiger partial charge in [-0.2, -0.15) is 0 Å². The van der Waals surface area contributed by atoms with Crippen molar-refractivity contribution in [2.45, 2.75) is 6.42 Å². The topological polar surface area (TPSA) is 3.24 Å². The molecular formula is C37H27N. The predicted molar refractivity (Wildman–Crippen MR) is 160 cm³/mol. The summed E-state index contributed by atoms with van der Waals surface area (Å²) in [5.74, 6) is 0. The van der Waals surface area contributed by atoms with Crippen molar-refractivity contribution in [1.29, 1.82) is 0 Å². The van der Waals surface area contributed by atoms with E-state index >= 15 is 0 Å². The van der Waals surface area contributed by atoms with Gasteiger partial charge in [0.1, 0.15) is 0 Å². The van der Waals surface area contributed by atoms with Gasteiger partial charge in [0.2, 0.25) is 0 Å². The van der Waals surface area contributed by atoms with Crippen molar-refractivity contribution < 1.29 is 0 Å². The molecular weight excluding hydrogens is 458 g/mol. The number of nitrogens with zero attached hydrogens (tertiary/aromatic N) is 1. The Bertz CT molecular complexity index is 1620. The summed E-state index contributed by atoms with van der Waals surface area (Å²) in [5, 5.41) is 0. The van der Waals surface area contributed by atoms with Crippen molar-refractivity contribution in [3.63, 3.8) is 0 Å². The Hall–Kier alpha value is -4.88. The van der Waals surface area contributed by atoms with E-state index in [9.17, 15) is 0 Å². The van der Waals surface area contributed by atoms with Gasteiger partial charge in [-0.25, -0.2) is 0 Å². The van der Waals surface area contributed by atoms with Crippen molar-refractivity contribution in [2.75, 3.05) is 4.90 Å². The number of rotatable bonds is 5. The molecule has 0 aromatic heterocycles. The van der Waals surface area contributed by atoms with Crippen LogP contribution in [-0.4, -0.2) is 0 Å². The molecule has 6 aromatic carbocycles. The lowest BCUT2D eigenvalue weighted by atomic mass is 10.00. The van der Waals surface area contributed by atoms with Crippen molar-refractivity contribution >= 4 is 17.1 Å². The van der Waals surface area contributed by atoms with Gasteiger partial charge >= 0.3 is 0 Å². The summed E-state index contributed by atoms with van der Waals surface area (Å²) in [7, 11) is 0. The first-order chi connectivity index (χ1) is 18.8. The first-order valence-corrected chi connectivity index (χ1v) is 13.2. The van der Waals surface area contributed by atoms with Crippen molar-refractivity contribution in [3.05, 3.63) is 163 Å². The summed E-state index contributed by atoms with van der Waals surface area (Å²) in [4.78, 5) is 2.41. The molecule has 0 amide bonds. The van der Waals surface area contributed by atoms with Crippen LogP contribution in [0.2, 0.25) is 0 Å². The number of hydrogen-bond acceptors (Lipinski definition) is 1. The molecule has 1 aliphatic rings. The third-order valence-electron chi connectivity index (χ3n) is 7.50. The summed E-state index contributed by atoms with van der Waals surface area (Å²) < 4.78 is 0. The van der Waals surface area contributed by atoms with E-state index in [1.54, 1.807) is 0 Å². The van der Waals surface area contributed by atoms with E-state index in [0.29, 0.717) is 0 Å². The van der Waals surface area contributed by atoms with Gasteiger partial charge in [0.05, 0.1) is 5.69 Å². The molecule has 0 saturated carbocycles. The molecule has 0 heterocycles.